The Morgan fingerprint density at radius 2 is 2.18 bits per heavy atom. The van der Waals surface area contributed by atoms with Gasteiger partial charge in [-0.05, 0) is 11.4 Å². The molecule has 60 valence electrons. The molecule has 0 aliphatic carbocycles. The van der Waals surface area contributed by atoms with Gasteiger partial charge in [0.2, 0.25) is 0 Å². The van der Waals surface area contributed by atoms with Gasteiger partial charge in [0.1, 0.15) is 0 Å². The van der Waals surface area contributed by atoms with Gasteiger partial charge in [0.15, 0.2) is 6.29 Å². The zero-order valence-electron chi connectivity index (χ0n) is 5.75. The monoisotopic (exact) mass is 190 g/mol. The fourth-order valence-electron chi connectivity index (χ4n) is 0.983. The van der Waals surface area contributed by atoms with Crippen LogP contribution in [0.25, 0.3) is 0 Å². The molecule has 0 aromatic carbocycles. The minimum Gasteiger partial charge on any atom is -0.345 e. The Kier molecular flexibility index (Phi) is 2.13. The third-order valence-electron chi connectivity index (χ3n) is 1.48. The molecular weight excluding hydrogens is 184 g/mol. The average molecular weight is 191 g/mol. The third kappa shape index (κ3) is 1.42. The SMILES string of the molecule is Clc1ccsc1C1OCCO1. The van der Waals surface area contributed by atoms with Crippen LogP contribution >= 0.6 is 22.9 Å². The molecule has 0 spiro atoms. The summed E-state index contributed by atoms with van der Waals surface area (Å²) >= 11 is 7.44. The van der Waals surface area contributed by atoms with Crippen LogP contribution in [0.1, 0.15) is 11.2 Å². The van der Waals surface area contributed by atoms with Crippen molar-refractivity contribution in [3.05, 3.63) is 21.3 Å². The van der Waals surface area contributed by atoms with Crippen LogP contribution in [0.15, 0.2) is 11.4 Å². The normalized spacial score (nSPS) is 19.4. The maximum absolute atomic E-state index is 5.87. The number of ether oxygens (including phenoxy) is 2. The Morgan fingerprint density at radius 3 is 2.73 bits per heavy atom. The maximum Gasteiger partial charge on any atom is 0.194 e. The lowest BCUT2D eigenvalue weighted by Crippen LogP contribution is -1.94. The highest BCUT2D eigenvalue weighted by Gasteiger charge is 2.21. The summed E-state index contributed by atoms with van der Waals surface area (Å²) in [6, 6.07) is 1.85. The smallest absolute Gasteiger partial charge is 0.194 e. The predicted octanol–water partition coefficient (Wildman–Crippen LogP) is 2.45. The zero-order chi connectivity index (χ0) is 7.68. The summed E-state index contributed by atoms with van der Waals surface area (Å²) < 4.78 is 10.6. The van der Waals surface area contributed by atoms with Crippen molar-refractivity contribution in [1.82, 2.24) is 0 Å². The van der Waals surface area contributed by atoms with Crippen molar-refractivity contribution in [2.24, 2.45) is 0 Å². The molecule has 0 bridgehead atoms. The number of halogens is 1. The summed E-state index contributed by atoms with van der Waals surface area (Å²) in [6.07, 6.45) is -0.220. The Hall–Kier alpha value is -0.0900. The fourth-order valence-corrected chi connectivity index (χ4v) is 2.12. The molecular formula is C7H7ClO2S. The van der Waals surface area contributed by atoms with E-state index in [1.54, 1.807) is 11.3 Å². The highest BCUT2D eigenvalue weighted by Crippen LogP contribution is 2.33. The first-order valence-electron chi connectivity index (χ1n) is 3.34. The second-order valence-electron chi connectivity index (χ2n) is 2.21. The molecule has 1 aliphatic rings. The van der Waals surface area contributed by atoms with Gasteiger partial charge < -0.3 is 9.47 Å². The number of hydrogen-bond acceptors (Lipinski definition) is 3. The van der Waals surface area contributed by atoms with Crippen LogP contribution in [0.3, 0.4) is 0 Å². The molecule has 0 atom stereocenters. The molecule has 0 saturated carbocycles. The van der Waals surface area contributed by atoms with Crippen molar-refractivity contribution in [3.63, 3.8) is 0 Å². The molecule has 2 heterocycles. The first-order valence-corrected chi connectivity index (χ1v) is 4.60. The zero-order valence-corrected chi connectivity index (χ0v) is 7.32. The van der Waals surface area contributed by atoms with Crippen molar-refractivity contribution >= 4 is 22.9 Å². The van der Waals surface area contributed by atoms with E-state index in [1.165, 1.54) is 0 Å². The molecule has 1 aromatic heterocycles. The molecule has 0 unspecified atom stereocenters. The van der Waals surface area contributed by atoms with Gasteiger partial charge in [-0.3, -0.25) is 0 Å². The van der Waals surface area contributed by atoms with Gasteiger partial charge in [-0.2, -0.15) is 0 Å². The Balaban J connectivity index is 2.21. The summed E-state index contributed by atoms with van der Waals surface area (Å²) in [5.74, 6) is 0. The van der Waals surface area contributed by atoms with E-state index in [-0.39, 0.29) is 6.29 Å². The minimum atomic E-state index is -0.220. The number of hydrogen-bond donors (Lipinski definition) is 0. The van der Waals surface area contributed by atoms with Gasteiger partial charge in [-0.1, -0.05) is 11.6 Å². The maximum atomic E-state index is 5.87. The molecule has 1 aromatic rings. The topological polar surface area (TPSA) is 18.5 Å². The molecule has 1 aliphatic heterocycles. The van der Waals surface area contributed by atoms with Gasteiger partial charge in [-0.25, -0.2) is 0 Å². The fraction of sp³-hybridized carbons (Fsp3) is 0.429. The van der Waals surface area contributed by atoms with E-state index in [4.69, 9.17) is 21.1 Å². The average Bonchev–Trinajstić information content (AvgIpc) is 2.55. The summed E-state index contributed by atoms with van der Waals surface area (Å²) in [5, 5.41) is 2.67. The highest BCUT2D eigenvalue weighted by atomic mass is 35.5. The molecule has 1 fully saturated rings. The Bertz CT molecular complexity index is 242. The van der Waals surface area contributed by atoms with Crippen LogP contribution in [0.5, 0.6) is 0 Å². The highest BCUT2D eigenvalue weighted by molar-refractivity contribution is 7.10. The lowest BCUT2D eigenvalue weighted by Gasteiger charge is -2.05. The quantitative estimate of drug-likeness (QED) is 0.677. The Morgan fingerprint density at radius 1 is 1.45 bits per heavy atom. The van der Waals surface area contributed by atoms with Crippen LogP contribution in [0, 0.1) is 0 Å². The number of rotatable bonds is 1. The molecule has 4 heteroatoms. The largest absolute Gasteiger partial charge is 0.345 e. The van der Waals surface area contributed by atoms with E-state index in [0.717, 1.165) is 9.90 Å². The lowest BCUT2D eigenvalue weighted by molar-refractivity contribution is -0.0412. The van der Waals surface area contributed by atoms with Crippen LogP contribution < -0.4 is 0 Å². The summed E-state index contributed by atoms with van der Waals surface area (Å²) in [7, 11) is 0. The number of thiophene rings is 1. The van der Waals surface area contributed by atoms with E-state index in [2.05, 4.69) is 0 Å². The van der Waals surface area contributed by atoms with Gasteiger partial charge in [0.25, 0.3) is 0 Å². The molecule has 1 saturated heterocycles. The van der Waals surface area contributed by atoms with Gasteiger partial charge >= 0.3 is 0 Å². The van der Waals surface area contributed by atoms with E-state index in [9.17, 15) is 0 Å². The van der Waals surface area contributed by atoms with E-state index < -0.39 is 0 Å². The molecule has 0 N–H and O–H groups in total. The van der Waals surface area contributed by atoms with Crippen LogP contribution in [0.2, 0.25) is 5.02 Å². The first-order chi connectivity index (χ1) is 5.38. The van der Waals surface area contributed by atoms with Crippen molar-refractivity contribution in [1.29, 1.82) is 0 Å². The van der Waals surface area contributed by atoms with Gasteiger partial charge in [0.05, 0.1) is 23.1 Å². The van der Waals surface area contributed by atoms with E-state index in [0.29, 0.717) is 13.2 Å². The summed E-state index contributed by atoms with van der Waals surface area (Å²) in [4.78, 5) is 0.976. The molecule has 2 rings (SSSR count). The second-order valence-corrected chi connectivity index (χ2v) is 3.56. The van der Waals surface area contributed by atoms with Crippen LogP contribution in [-0.2, 0) is 9.47 Å². The van der Waals surface area contributed by atoms with Crippen molar-refractivity contribution in [3.8, 4) is 0 Å². The predicted molar refractivity (Wildman–Crippen MR) is 44.0 cm³/mol. The molecule has 2 nitrogen and oxygen atoms in total. The molecule has 0 radical (unpaired) electrons. The third-order valence-corrected chi connectivity index (χ3v) is 2.86. The minimum absolute atomic E-state index is 0.220. The van der Waals surface area contributed by atoms with Gasteiger partial charge in [-0.15, -0.1) is 11.3 Å². The van der Waals surface area contributed by atoms with Crippen molar-refractivity contribution in [2.75, 3.05) is 13.2 Å². The van der Waals surface area contributed by atoms with Crippen molar-refractivity contribution in [2.45, 2.75) is 6.29 Å². The molecule has 11 heavy (non-hydrogen) atoms. The van der Waals surface area contributed by atoms with Crippen molar-refractivity contribution < 1.29 is 9.47 Å². The van der Waals surface area contributed by atoms with Crippen LogP contribution in [0.4, 0.5) is 0 Å². The van der Waals surface area contributed by atoms with E-state index in [1.807, 2.05) is 11.4 Å². The lowest BCUT2D eigenvalue weighted by atomic mass is 10.4. The molecule has 0 amide bonds. The van der Waals surface area contributed by atoms with Crippen LogP contribution in [-0.4, -0.2) is 13.2 Å². The Labute approximate surface area is 73.7 Å². The summed E-state index contributed by atoms with van der Waals surface area (Å²) in [5.41, 5.74) is 0. The first kappa shape index (κ1) is 7.55. The van der Waals surface area contributed by atoms with Gasteiger partial charge in [0, 0.05) is 0 Å². The standard InChI is InChI=1S/C7H7ClO2S/c8-5-1-4-11-6(5)7-9-2-3-10-7/h1,4,7H,2-3H2. The summed E-state index contributed by atoms with van der Waals surface area (Å²) in [6.45, 7) is 1.33. The van der Waals surface area contributed by atoms with E-state index >= 15 is 0 Å². The second kappa shape index (κ2) is 3.11.